The van der Waals surface area contributed by atoms with Crippen LogP contribution in [0.1, 0.15) is 0 Å². The molecule has 1 nitrogen and oxygen atoms in total. The summed E-state index contributed by atoms with van der Waals surface area (Å²) in [4.78, 5) is 0. The fourth-order valence-corrected chi connectivity index (χ4v) is 5.45. The first kappa shape index (κ1) is 14.7. The van der Waals surface area contributed by atoms with Crippen LogP contribution in [0, 0.1) is 0 Å². The van der Waals surface area contributed by atoms with Gasteiger partial charge in [-0.1, -0.05) is 72.0 Å². The number of aromatic hydroxyl groups is 1. The molecule has 0 fully saturated rings. The molecule has 5 rings (SSSR count). The van der Waals surface area contributed by atoms with Gasteiger partial charge >= 0.3 is 0 Å². The third-order valence-corrected chi connectivity index (χ3v) is 6.39. The summed E-state index contributed by atoms with van der Waals surface area (Å²) in [6.07, 6.45) is 0. The third kappa shape index (κ3) is 2.28. The third-order valence-electron chi connectivity index (χ3n) is 4.50. The number of hydrogen-bond acceptors (Lipinski definition) is 3. The summed E-state index contributed by atoms with van der Waals surface area (Å²) in [6.45, 7) is 0. The van der Waals surface area contributed by atoms with Gasteiger partial charge < -0.3 is 5.11 Å². The molecule has 5 aromatic rings. The van der Waals surface area contributed by atoms with Gasteiger partial charge in [-0.3, -0.25) is 0 Å². The molecule has 3 heteroatoms. The second kappa shape index (κ2) is 5.73. The van der Waals surface area contributed by atoms with E-state index >= 15 is 0 Å². The van der Waals surface area contributed by atoms with Crippen LogP contribution in [-0.2, 0) is 0 Å². The molecule has 0 saturated heterocycles. The summed E-state index contributed by atoms with van der Waals surface area (Å²) in [7, 11) is 0. The second-order valence-corrected chi connectivity index (χ2v) is 7.92. The highest BCUT2D eigenvalue weighted by atomic mass is 32.1. The highest BCUT2D eigenvalue weighted by molar-refractivity contribution is 7.22. The number of thiophene rings is 2. The summed E-state index contributed by atoms with van der Waals surface area (Å²) in [5, 5.41) is 15.2. The van der Waals surface area contributed by atoms with Gasteiger partial charge in [-0.05, 0) is 22.6 Å². The first-order valence-corrected chi connectivity index (χ1v) is 9.79. The van der Waals surface area contributed by atoms with Gasteiger partial charge in [0.05, 0.1) is 0 Å². The van der Waals surface area contributed by atoms with Crippen LogP contribution in [-0.4, -0.2) is 5.11 Å². The van der Waals surface area contributed by atoms with Crippen molar-refractivity contribution in [2.24, 2.45) is 0 Å². The van der Waals surface area contributed by atoms with Gasteiger partial charge in [0.15, 0.2) is 5.06 Å². The van der Waals surface area contributed by atoms with Crippen LogP contribution in [0.4, 0.5) is 0 Å². The van der Waals surface area contributed by atoms with Crippen molar-refractivity contribution in [3.8, 4) is 27.3 Å². The molecular formula is C22H14OS2. The van der Waals surface area contributed by atoms with Gasteiger partial charge in [0, 0.05) is 37.4 Å². The molecule has 120 valence electrons. The quantitative estimate of drug-likeness (QED) is 0.355. The minimum atomic E-state index is 0.363. The Balaban J connectivity index is 1.99. The topological polar surface area (TPSA) is 20.2 Å². The van der Waals surface area contributed by atoms with E-state index in [2.05, 4.69) is 60.0 Å². The lowest BCUT2D eigenvalue weighted by molar-refractivity contribution is 0.491. The molecule has 0 saturated carbocycles. The van der Waals surface area contributed by atoms with Crippen molar-refractivity contribution in [2.45, 2.75) is 0 Å². The Labute approximate surface area is 153 Å². The minimum absolute atomic E-state index is 0.363. The molecule has 0 bridgehead atoms. The summed E-state index contributed by atoms with van der Waals surface area (Å²) >= 11 is 3.23. The molecule has 0 unspecified atom stereocenters. The van der Waals surface area contributed by atoms with Crippen molar-refractivity contribution < 1.29 is 5.11 Å². The van der Waals surface area contributed by atoms with Gasteiger partial charge in [-0.2, -0.15) is 0 Å². The number of fused-ring (bicyclic) bond motifs is 2. The molecule has 0 aliphatic heterocycles. The smallest absolute Gasteiger partial charge is 0.172 e. The second-order valence-electron chi connectivity index (χ2n) is 5.97. The van der Waals surface area contributed by atoms with Crippen molar-refractivity contribution in [3.05, 3.63) is 78.2 Å². The average Bonchev–Trinajstić information content (AvgIpc) is 3.27. The van der Waals surface area contributed by atoms with E-state index < -0.39 is 0 Å². The maximum atomic E-state index is 10.3. The maximum absolute atomic E-state index is 10.3. The molecule has 3 aromatic carbocycles. The van der Waals surface area contributed by atoms with Crippen LogP contribution in [0.5, 0.6) is 5.06 Å². The summed E-state index contributed by atoms with van der Waals surface area (Å²) < 4.78 is 2.42. The zero-order valence-electron chi connectivity index (χ0n) is 13.3. The van der Waals surface area contributed by atoms with E-state index in [0.29, 0.717) is 5.06 Å². The van der Waals surface area contributed by atoms with Crippen molar-refractivity contribution in [1.82, 2.24) is 0 Å². The lowest BCUT2D eigenvalue weighted by Crippen LogP contribution is -1.84. The molecule has 0 spiro atoms. The van der Waals surface area contributed by atoms with Crippen molar-refractivity contribution in [1.29, 1.82) is 0 Å². The zero-order valence-corrected chi connectivity index (χ0v) is 14.9. The molecule has 2 aromatic heterocycles. The van der Waals surface area contributed by atoms with Crippen molar-refractivity contribution in [3.63, 3.8) is 0 Å². The first-order valence-electron chi connectivity index (χ1n) is 8.09. The van der Waals surface area contributed by atoms with Crippen LogP contribution in [0.3, 0.4) is 0 Å². The Kier molecular flexibility index (Phi) is 3.37. The van der Waals surface area contributed by atoms with E-state index in [4.69, 9.17) is 0 Å². The Hall–Kier alpha value is -2.62. The van der Waals surface area contributed by atoms with E-state index in [-0.39, 0.29) is 0 Å². The highest BCUT2D eigenvalue weighted by Crippen LogP contribution is 2.49. The van der Waals surface area contributed by atoms with Gasteiger partial charge in [-0.15, -0.1) is 11.3 Å². The summed E-state index contributed by atoms with van der Waals surface area (Å²) in [5.74, 6) is 0. The van der Waals surface area contributed by atoms with Gasteiger partial charge in [0.25, 0.3) is 0 Å². The Morgan fingerprint density at radius 2 is 1.24 bits per heavy atom. The standard InChI is InChI=1S/C22H14OS2/c23-18-13-17-20(15-9-5-2-6-10-15)21-16(11-12-24-21)19(22(17)25-18)14-7-3-1-4-8-14/h1-13,23H. The zero-order chi connectivity index (χ0) is 16.8. The van der Waals surface area contributed by atoms with E-state index in [9.17, 15) is 5.11 Å². The van der Waals surface area contributed by atoms with E-state index in [1.54, 1.807) is 11.3 Å². The highest BCUT2D eigenvalue weighted by Gasteiger charge is 2.19. The monoisotopic (exact) mass is 358 g/mol. The summed E-state index contributed by atoms with van der Waals surface area (Å²) in [5.41, 5.74) is 4.82. The molecule has 0 aliphatic rings. The molecule has 0 atom stereocenters. The number of hydrogen-bond donors (Lipinski definition) is 1. The lowest BCUT2D eigenvalue weighted by Gasteiger charge is -2.12. The van der Waals surface area contributed by atoms with Gasteiger partial charge in [-0.25, -0.2) is 0 Å². The minimum Gasteiger partial charge on any atom is -0.499 e. The average molecular weight is 358 g/mol. The van der Waals surface area contributed by atoms with Gasteiger partial charge in [0.1, 0.15) is 0 Å². The van der Waals surface area contributed by atoms with E-state index in [1.165, 1.54) is 43.7 Å². The van der Waals surface area contributed by atoms with Crippen LogP contribution in [0.25, 0.3) is 42.4 Å². The van der Waals surface area contributed by atoms with Crippen LogP contribution in [0.2, 0.25) is 0 Å². The number of rotatable bonds is 2. The SMILES string of the molecule is Oc1cc2c(-c3ccccc3)c3sccc3c(-c3ccccc3)c2s1. The van der Waals surface area contributed by atoms with E-state index in [1.807, 2.05) is 18.2 Å². The Morgan fingerprint density at radius 3 is 1.88 bits per heavy atom. The van der Waals surface area contributed by atoms with Crippen molar-refractivity contribution in [2.75, 3.05) is 0 Å². The van der Waals surface area contributed by atoms with Crippen LogP contribution < -0.4 is 0 Å². The fourth-order valence-electron chi connectivity index (χ4n) is 3.48. The molecule has 0 radical (unpaired) electrons. The first-order chi connectivity index (χ1) is 12.3. The fraction of sp³-hybridized carbons (Fsp3) is 0. The van der Waals surface area contributed by atoms with Crippen LogP contribution in [0.15, 0.2) is 78.2 Å². The normalized spacial score (nSPS) is 11.4. The summed E-state index contributed by atoms with van der Waals surface area (Å²) in [6, 6.07) is 25.0. The predicted molar refractivity (Wildman–Crippen MR) is 110 cm³/mol. The maximum Gasteiger partial charge on any atom is 0.172 e. The largest absolute Gasteiger partial charge is 0.499 e. The molecular weight excluding hydrogens is 344 g/mol. The molecule has 1 N–H and O–H groups in total. The number of benzene rings is 3. The Bertz CT molecular complexity index is 1090. The van der Waals surface area contributed by atoms with Crippen molar-refractivity contribution >= 4 is 42.8 Å². The lowest BCUT2D eigenvalue weighted by atomic mass is 9.94. The van der Waals surface area contributed by atoms with Crippen LogP contribution >= 0.6 is 22.7 Å². The van der Waals surface area contributed by atoms with Gasteiger partial charge in [0.2, 0.25) is 0 Å². The molecule has 0 aliphatic carbocycles. The molecule has 25 heavy (non-hydrogen) atoms. The predicted octanol–water partition coefficient (Wildman–Crippen LogP) is 7.16. The Morgan fingerprint density at radius 1 is 0.640 bits per heavy atom. The van der Waals surface area contributed by atoms with E-state index in [0.717, 1.165) is 10.1 Å². The molecule has 0 amide bonds. The molecule has 2 heterocycles.